The van der Waals surface area contributed by atoms with Gasteiger partial charge in [-0.25, -0.2) is 0 Å². The molecule has 20 heavy (non-hydrogen) atoms. The van der Waals surface area contributed by atoms with E-state index in [1.807, 2.05) is 0 Å². The summed E-state index contributed by atoms with van der Waals surface area (Å²) < 4.78 is 5.35. The molecule has 2 unspecified atom stereocenters. The molecule has 2 aliphatic rings. The Morgan fingerprint density at radius 2 is 2.20 bits per heavy atom. The van der Waals surface area contributed by atoms with Gasteiger partial charge in [-0.15, -0.1) is 0 Å². The largest absolute Gasteiger partial charge is 0.379 e. The summed E-state index contributed by atoms with van der Waals surface area (Å²) in [5, 5.41) is 6.60. The predicted octanol–water partition coefficient (Wildman–Crippen LogP) is 0.603. The Morgan fingerprint density at radius 1 is 1.45 bits per heavy atom. The van der Waals surface area contributed by atoms with Crippen LogP contribution in [0, 0.1) is 5.41 Å². The van der Waals surface area contributed by atoms with Crippen LogP contribution in [0.1, 0.15) is 33.1 Å². The third-order valence-electron chi connectivity index (χ3n) is 4.64. The molecule has 0 spiro atoms. The van der Waals surface area contributed by atoms with Crippen LogP contribution in [0.25, 0.3) is 0 Å². The van der Waals surface area contributed by atoms with Crippen LogP contribution >= 0.6 is 0 Å². The van der Waals surface area contributed by atoms with Crippen molar-refractivity contribution in [2.24, 2.45) is 5.41 Å². The lowest BCUT2D eigenvalue weighted by Crippen LogP contribution is -2.54. The van der Waals surface area contributed by atoms with Crippen molar-refractivity contribution in [3.8, 4) is 0 Å². The average molecular weight is 283 g/mol. The highest BCUT2D eigenvalue weighted by Crippen LogP contribution is 2.30. The molecule has 2 heterocycles. The molecular weight excluding hydrogens is 254 g/mol. The Bertz CT molecular complexity index is 310. The van der Waals surface area contributed by atoms with Crippen molar-refractivity contribution < 1.29 is 9.53 Å². The highest BCUT2D eigenvalue weighted by Gasteiger charge is 2.38. The van der Waals surface area contributed by atoms with Crippen LogP contribution in [0.4, 0.5) is 0 Å². The average Bonchev–Trinajstić information content (AvgIpc) is 2.48. The molecule has 0 aliphatic carbocycles. The maximum Gasteiger partial charge on any atom is 0.227 e. The van der Waals surface area contributed by atoms with Crippen molar-refractivity contribution in [3.63, 3.8) is 0 Å². The fraction of sp³-hybridized carbons (Fsp3) is 0.933. The zero-order valence-corrected chi connectivity index (χ0v) is 12.9. The molecule has 0 bridgehead atoms. The van der Waals surface area contributed by atoms with Gasteiger partial charge in [-0.3, -0.25) is 9.69 Å². The molecule has 2 saturated heterocycles. The lowest BCUT2D eigenvalue weighted by Gasteiger charge is -2.37. The standard InChI is InChI=1S/C15H29N3O2/c1-3-15(5-4-6-16-12-15)14(19)17-13(2)11-18-7-9-20-10-8-18/h13,16H,3-12H2,1-2H3,(H,17,19). The smallest absolute Gasteiger partial charge is 0.227 e. The van der Waals surface area contributed by atoms with E-state index < -0.39 is 0 Å². The number of carbonyl (C=O) groups is 1. The summed E-state index contributed by atoms with van der Waals surface area (Å²) in [4.78, 5) is 15.0. The first kappa shape index (κ1) is 15.7. The lowest BCUT2D eigenvalue weighted by molar-refractivity contribution is -0.133. The number of nitrogens with zero attached hydrogens (tertiary/aromatic N) is 1. The van der Waals surface area contributed by atoms with E-state index in [9.17, 15) is 4.79 Å². The van der Waals surface area contributed by atoms with Gasteiger partial charge in [0.25, 0.3) is 0 Å². The topological polar surface area (TPSA) is 53.6 Å². The van der Waals surface area contributed by atoms with Crippen molar-refractivity contribution in [1.82, 2.24) is 15.5 Å². The van der Waals surface area contributed by atoms with Gasteiger partial charge in [0.1, 0.15) is 0 Å². The molecule has 2 aliphatic heterocycles. The van der Waals surface area contributed by atoms with E-state index in [0.717, 1.165) is 65.2 Å². The van der Waals surface area contributed by atoms with E-state index in [1.165, 1.54) is 0 Å². The quantitative estimate of drug-likeness (QED) is 0.776. The van der Waals surface area contributed by atoms with Gasteiger partial charge in [0.15, 0.2) is 0 Å². The number of hydrogen-bond acceptors (Lipinski definition) is 4. The molecule has 5 nitrogen and oxygen atoms in total. The summed E-state index contributed by atoms with van der Waals surface area (Å²) in [5.74, 6) is 0.230. The number of rotatable bonds is 5. The molecule has 0 aromatic rings. The van der Waals surface area contributed by atoms with Gasteiger partial charge in [-0.2, -0.15) is 0 Å². The van der Waals surface area contributed by atoms with Crippen molar-refractivity contribution in [2.75, 3.05) is 45.9 Å². The highest BCUT2D eigenvalue weighted by atomic mass is 16.5. The van der Waals surface area contributed by atoms with Crippen LogP contribution in [-0.4, -0.2) is 62.8 Å². The molecule has 0 radical (unpaired) electrons. The van der Waals surface area contributed by atoms with E-state index in [1.54, 1.807) is 0 Å². The second kappa shape index (κ2) is 7.38. The van der Waals surface area contributed by atoms with Crippen molar-refractivity contribution >= 4 is 5.91 Å². The molecule has 0 aromatic carbocycles. The first-order valence-electron chi connectivity index (χ1n) is 7.98. The number of amides is 1. The number of hydrogen-bond donors (Lipinski definition) is 2. The Balaban J connectivity index is 1.82. The summed E-state index contributed by atoms with van der Waals surface area (Å²) in [6.07, 6.45) is 3.02. The molecular formula is C15H29N3O2. The van der Waals surface area contributed by atoms with Crippen LogP contribution in [0.15, 0.2) is 0 Å². The molecule has 2 N–H and O–H groups in total. The van der Waals surface area contributed by atoms with Crippen molar-refractivity contribution in [2.45, 2.75) is 39.2 Å². The van der Waals surface area contributed by atoms with Gasteiger partial charge in [-0.1, -0.05) is 6.92 Å². The van der Waals surface area contributed by atoms with Gasteiger partial charge in [0.05, 0.1) is 18.6 Å². The number of morpholine rings is 1. The molecule has 0 saturated carbocycles. The molecule has 5 heteroatoms. The zero-order valence-electron chi connectivity index (χ0n) is 12.9. The summed E-state index contributed by atoms with van der Waals surface area (Å²) in [5.41, 5.74) is -0.197. The Morgan fingerprint density at radius 3 is 2.80 bits per heavy atom. The molecule has 0 aromatic heterocycles. The van der Waals surface area contributed by atoms with E-state index in [-0.39, 0.29) is 17.4 Å². The summed E-state index contributed by atoms with van der Waals surface area (Å²) >= 11 is 0. The second-order valence-electron chi connectivity index (χ2n) is 6.20. The van der Waals surface area contributed by atoms with Crippen LogP contribution in [-0.2, 0) is 9.53 Å². The second-order valence-corrected chi connectivity index (χ2v) is 6.20. The van der Waals surface area contributed by atoms with Crippen LogP contribution < -0.4 is 10.6 Å². The third kappa shape index (κ3) is 3.93. The van der Waals surface area contributed by atoms with Gasteiger partial charge >= 0.3 is 0 Å². The lowest BCUT2D eigenvalue weighted by atomic mass is 9.77. The van der Waals surface area contributed by atoms with E-state index in [2.05, 4.69) is 29.4 Å². The monoisotopic (exact) mass is 283 g/mol. The molecule has 2 atom stereocenters. The molecule has 2 rings (SSSR count). The van der Waals surface area contributed by atoms with Crippen molar-refractivity contribution in [1.29, 1.82) is 0 Å². The number of ether oxygens (including phenoxy) is 1. The fourth-order valence-corrected chi connectivity index (χ4v) is 3.22. The first-order chi connectivity index (χ1) is 9.66. The van der Waals surface area contributed by atoms with Gasteiger partial charge in [0.2, 0.25) is 5.91 Å². The maximum atomic E-state index is 12.6. The summed E-state index contributed by atoms with van der Waals surface area (Å²) in [6.45, 7) is 10.6. The SMILES string of the molecule is CCC1(C(=O)NC(C)CN2CCOCC2)CCCNC1. The number of carbonyl (C=O) groups excluding carboxylic acids is 1. The van der Waals surface area contributed by atoms with E-state index in [4.69, 9.17) is 4.74 Å². The Kier molecular flexibility index (Phi) is 5.81. The van der Waals surface area contributed by atoms with Gasteiger partial charge < -0.3 is 15.4 Å². The highest BCUT2D eigenvalue weighted by molar-refractivity contribution is 5.83. The van der Waals surface area contributed by atoms with Crippen LogP contribution in [0.3, 0.4) is 0 Å². The molecule has 2 fully saturated rings. The minimum absolute atomic E-state index is 0.197. The number of nitrogens with one attached hydrogen (secondary N) is 2. The summed E-state index contributed by atoms with van der Waals surface area (Å²) in [7, 11) is 0. The van der Waals surface area contributed by atoms with Crippen LogP contribution in [0.2, 0.25) is 0 Å². The molecule has 1 amide bonds. The summed E-state index contributed by atoms with van der Waals surface area (Å²) in [6, 6.07) is 0.200. The molecule has 116 valence electrons. The minimum atomic E-state index is -0.197. The van der Waals surface area contributed by atoms with Gasteiger partial charge in [-0.05, 0) is 32.7 Å². The van der Waals surface area contributed by atoms with Gasteiger partial charge in [0, 0.05) is 32.2 Å². The van der Waals surface area contributed by atoms with E-state index >= 15 is 0 Å². The normalized spacial score (nSPS) is 29.9. The fourth-order valence-electron chi connectivity index (χ4n) is 3.22. The Labute approximate surface area is 122 Å². The van der Waals surface area contributed by atoms with E-state index in [0.29, 0.717) is 0 Å². The van der Waals surface area contributed by atoms with Crippen molar-refractivity contribution in [3.05, 3.63) is 0 Å². The zero-order chi connectivity index (χ0) is 14.4. The minimum Gasteiger partial charge on any atom is -0.379 e. The maximum absolute atomic E-state index is 12.6. The first-order valence-corrected chi connectivity index (χ1v) is 7.98. The van der Waals surface area contributed by atoms with Crippen LogP contribution in [0.5, 0.6) is 0 Å². The Hall–Kier alpha value is -0.650. The third-order valence-corrected chi connectivity index (χ3v) is 4.64. The predicted molar refractivity (Wildman–Crippen MR) is 79.7 cm³/mol. The number of piperidine rings is 1.